The molecule has 0 atom stereocenters. The molecule has 4 heteroatoms. The molecule has 0 amide bonds. The minimum Gasteiger partial charge on any atom is -0.493 e. The van der Waals surface area contributed by atoms with Gasteiger partial charge in [-0.15, -0.1) is 0 Å². The molecule has 0 aliphatic rings. The van der Waals surface area contributed by atoms with Crippen molar-refractivity contribution in [2.45, 2.75) is 0 Å². The third-order valence-corrected chi connectivity index (χ3v) is 2.96. The normalized spacial score (nSPS) is 10.2. The Morgan fingerprint density at radius 2 is 1.65 bits per heavy atom. The molecular formula is C16H13N3O. The van der Waals surface area contributed by atoms with Gasteiger partial charge in [0.2, 0.25) is 0 Å². The van der Waals surface area contributed by atoms with Crippen molar-refractivity contribution in [1.29, 1.82) is 0 Å². The molecule has 2 aromatic heterocycles. The Kier molecular flexibility index (Phi) is 3.37. The topological polar surface area (TPSA) is 47.9 Å². The molecule has 0 saturated heterocycles. The summed E-state index contributed by atoms with van der Waals surface area (Å²) in [5.74, 6) is 1.32. The number of hydrogen-bond donors (Lipinski definition) is 0. The first kappa shape index (κ1) is 12.3. The summed E-state index contributed by atoms with van der Waals surface area (Å²) in [4.78, 5) is 13.0. The zero-order chi connectivity index (χ0) is 13.8. The second kappa shape index (κ2) is 5.48. The van der Waals surface area contributed by atoms with Crippen molar-refractivity contribution >= 4 is 0 Å². The molecule has 0 saturated carbocycles. The van der Waals surface area contributed by atoms with Gasteiger partial charge in [-0.05, 0) is 12.1 Å². The maximum atomic E-state index is 5.35. The van der Waals surface area contributed by atoms with Crippen molar-refractivity contribution in [2.24, 2.45) is 0 Å². The number of rotatable bonds is 3. The average molecular weight is 263 g/mol. The van der Waals surface area contributed by atoms with Crippen LogP contribution in [0.2, 0.25) is 0 Å². The lowest BCUT2D eigenvalue weighted by Crippen LogP contribution is -1.96. The summed E-state index contributed by atoms with van der Waals surface area (Å²) >= 11 is 0. The van der Waals surface area contributed by atoms with Crippen molar-refractivity contribution in [2.75, 3.05) is 7.11 Å². The molecular weight excluding hydrogens is 250 g/mol. The molecule has 98 valence electrons. The van der Waals surface area contributed by atoms with Gasteiger partial charge in [-0.2, -0.15) is 0 Å². The van der Waals surface area contributed by atoms with E-state index in [2.05, 4.69) is 15.0 Å². The molecule has 0 aliphatic heterocycles. The highest BCUT2D eigenvalue weighted by molar-refractivity contribution is 5.68. The van der Waals surface area contributed by atoms with Crippen molar-refractivity contribution in [1.82, 2.24) is 15.0 Å². The van der Waals surface area contributed by atoms with E-state index in [9.17, 15) is 0 Å². The summed E-state index contributed by atoms with van der Waals surface area (Å²) in [5.41, 5.74) is 2.72. The Morgan fingerprint density at radius 3 is 2.35 bits per heavy atom. The molecule has 2 heterocycles. The second-order valence-corrected chi connectivity index (χ2v) is 4.21. The smallest absolute Gasteiger partial charge is 0.163 e. The summed E-state index contributed by atoms with van der Waals surface area (Å²) in [6.45, 7) is 0. The summed E-state index contributed by atoms with van der Waals surface area (Å²) in [7, 11) is 1.62. The Balaban J connectivity index is 2.13. The lowest BCUT2D eigenvalue weighted by molar-refractivity contribution is 0.413. The van der Waals surface area contributed by atoms with Crippen molar-refractivity contribution in [3.63, 3.8) is 0 Å². The van der Waals surface area contributed by atoms with Crippen LogP contribution in [0.4, 0.5) is 0 Å². The van der Waals surface area contributed by atoms with Gasteiger partial charge in [0.05, 0.1) is 13.3 Å². The molecule has 0 spiro atoms. The van der Waals surface area contributed by atoms with Gasteiger partial charge in [-0.3, -0.25) is 4.98 Å². The zero-order valence-electron chi connectivity index (χ0n) is 11.0. The molecule has 1 aromatic carbocycles. The van der Waals surface area contributed by atoms with Gasteiger partial charge in [-0.1, -0.05) is 30.3 Å². The Bertz CT molecular complexity index is 699. The SMILES string of the molecule is COc1cnc(-c2ccncc2)nc1-c1ccccc1. The van der Waals surface area contributed by atoms with Gasteiger partial charge in [0.15, 0.2) is 11.6 Å². The molecule has 3 rings (SSSR count). The van der Waals surface area contributed by atoms with E-state index in [1.807, 2.05) is 42.5 Å². The monoisotopic (exact) mass is 263 g/mol. The van der Waals surface area contributed by atoms with Gasteiger partial charge in [-0.25, -0.2) is 9.97 Å². The number of aromatic nitrogens is 3. The number of pyridine rings is 1. The van der Waals surface area contributed by atoms with Crippen LogP contribution in [0.5, 0.6) is 5.75 Å². The maximum absolute atomic E-state index is 5.35. The van der Waals surface area contributed by atoms with Crippen LogP contribution in [0, 0.1) is 0 Å². The number of ether oxygens (including phenoxy) is 1. The lowest BCUT2D eigenvalue weighted by Gasteiger charge is -2.09. The van der Waals surface area contributed by atoms with Crippen molar-refractivity contribution in [3.05, 3.63) is 61.1 Å². The van der Waals surface area contributed by atoms with Gasteiger partial charge in [0.1, 0.15) is 5.69 Å². The molecule has 20 heavy (non-hydrogen) atoms. The fourth-order valence-electron chi connectivity index (χ4n) is 1.96. The second-order valence-electron chi connectivity index (χ2n) is 4.21. The predicted molar refractivity (Wildman–Crippen MR) is 77.3 cm³/mol. The summed E-state index contributed by atoms with van der Waals surface area (Å²) in [5, 5.41) is 0. The molecule has 0 bridgehead atoms. The Labute approximate surface area is 117 Å². The quantitative estimate of drug-likeness (QED) is 0.728. The minimum absolute atomic E-state index is 0.659. The predicted octanol–water partition coefficient (Wildman–Crippen LogP) is 3.21. The molecule has 0 fully saturated rings. The molecule has 4 nitrogen and oxygen atoms in total. The van der Waals surface area contributed by atoms with Gasteiger partial charge in [0, 0.05) is 23.5 Å². The van der Waals surface area contributed by atoms with E-state index < -0.39 is 0 Å². The number of benzene rings is 1. The summed E-state index contributed by atoms with van der Waals surface area (Å²) in [6, 6.07) is 13.7. The fraction of sp³-hybridized carbons (Fsp3) is 0.0625. The van der Waals surface area contributed by atoms with Crippen LogP contribution in [-0.4, -0.2) is 22.1 Å². The fourth-order valence-corrected chi connectivity index (χ4v) is 1.96. The highest BCUT2D eigenvalue weighted by atomic mass is 16.5. The molecule has 0 unspecified atom stereocenters. The van der Waals surface area contributed by atoms with E-state index in [1.54, 1.807) is 25.7 Å². The van der Waals surface area contributed by atoms with E-state index in [1.165, 1.54) is 0 Å². The van der Waals surface area contributed by atoms with Crippen LogP contribution in [0.3, 0.4) is 0 Å². The highest BCUT2D eigenvalue weighted by Crippen LogP contribution is 2.28. The first-order chi connectivity index (χ1) is 9.88. The van der Waals surface area contributed by atoms with Gasteiger partial charge >= 0.3 is 0 Å². The first-order valence-corrected chi connectivity index (χ1v) is 6.25. The maximum Gasteiger partial charge on any atom is 0.163 e. The van der Waals surface area contributed by atoms with Crippen LogP contribution in [0.1, 0.15) is 0 Å². The van der Waals surface area contributed by atoms with Crippen LogP contribution in [-0.2, 0) is 0 Å². The van der Waals surface area contributed by atoms with E-state index in [0.29, 0.717) is 11.6 Å². The van der Waals surface area contributed by atoms with Crippen LogP contribution >= 0.6 is 0 Å². The average Bonchev–Trinajstić information content (AvgIpc) is 2.56. The van der Waals surface area contributed by atoms with E-state index in [0.717, 1.165) is 16.8 Å². The van der Waals surface area contributed by atoms with Crippen LogP contribution in [0.15, 0.2) is 61.1 Å². The highest BCUT2D eigenvalue weighted by Gasteiger charge is 2.10. The third kappa shape index (κ3) is 2.36. The lowest BCUT2D eigenvalue weighted by atomic mass is 10.1. The zero-order valence-corrected chi connectivity index (χ0v) is 11.0. The van der Waals surface area contributed by atoms with Gasteiger partial charge < -0.3 is 4.74 Å². The largest absolute Gasteiger partial charge is 0.493 e. The number of methoxy groups -OCH3 is 1. The molecule has 3 aromatic rings. The summed E-state index contributed by atoms with van der Waals surface area (Å²) in [6.07, 6.45) is 5.15. The number of hydrogen-bond acceptors (Lipinski definition) is 4. The Morgan fingerprint density at radius 1 is 0.900 bits per heavy atom. The molecule has 0 aliphatic carbocycles. The van der Waals surface area contributed by atoms with Crippen LogP contribution in [0.25, 0.3) is 22.6 Å². The standard InChI is InChI=1S/C16H13N3O/c1-20-14-11-18-16(13-7-9-17-10-8-13)19-15(14)12-5-3-2-4-6-12/h2-11H,1H3. The van der Waals surface area contributed by atoms with E-state index in [4.69, 9.17) is 4.74 Å². The third-order valence-electron chi connectivity index (χ3n) is 2.96. The van der Waals surface area contributed by atoms with E-state index >= 15 is 0 Å². The molecule has 0 N–H and O–H groups in total. The van der Waals surface area contributed by atoms with Gasteiger partial charge in [0.25, 0.3) is 0 Å². The first-order valence-electron chi connectivity index (χ1n) is 6.25. The van der Waals surface area contributed by atoms with E-state index in [-0.39, 0.29) is 0 Å². The van der Waals surface area contributed by atoms with Crippen molar-refractivity contribution in [3.8, 4) is 28.4 Å². The van der Waals surface area contributed by atoms with Crippen LogP contribution < -0.4 is 4.74 Å². The Hall–Kier alpha value is -2.75. The minimum atomic E-state index is 0.659. The van der Waals surface area contributed by atoms with Crippen molar-refractivity contribution < 1.29 is 4.74 Å². The molecule has 0 radical (unpaired) electrons. The summed E-state index contributed by atoms with van der Waals surface area (Å²) < 4.78 is 5.35. The number of nitrogens with zero attached hydrogens (tertiary/aromatic N) is 3.